The number of halogens is 3. The first-order valence-electron chi connectivity index (χ1n) is 10.1. The Hall–Kier alpha value is -2.65. The standard InChI is InChI=1S/C23H20Cl2FN3O3S/c24-17-13-18(25)15-19(14-17)27-23(30)16-6-7-21(26)22(12-16)33(31,32)29-10-8-28(9-11-29)20-4-2-1-3-5-20/h1-7,12-15H,8-11H2,(H,27,30). The van der Waals surface area contributed by atoms with Crippen LogP contribution >= 0.6 is 23.2 Å². The second kappa shape index (κ2) is 9.69. The van der Waals surface area contributed by atoms with Gasteiger partial charge in [0, 0.05) is 53.2 Å². The van der Waals surface area contributed by atoms with E-state index in [9.17, 15) is 17.6 Å². The first-order valence-corrected chi connectivity index (χ1v) is 12.3. The lowest BCUT2D eigenvalue weighted by Gasteiger charge is -2.35. The van der Waals surface area contributed by atoms with Gasteiger partial charge in [-0.05, 0) is 48.5 Å². The molecule has 10 heteroatoms. The summed E-state index contributed by atoms with van der Waals surface area (Å²) in [4.78, 5) is 14.2. The van der Waals surface area contributed by atoms with Gasteiger partial charge in [-0.2, -0.15) is 4.31 Å². The summed E-state index contributed by atoms with van der Waals surface area (Å²) < 4.78 is 42.2. The van der Waals surface area contributed by atoms with E-state index in [2.05, 4.69) is 10.2 Å². The van der Waals surface area contributed by atoms with E-state index in [1.165, 1.54) is 28.6 Å². The molecule has 1 heterocycles. The SMILES string of the molecule is O=C(Nc1cc(Cl)cc(Cl)c1)c1ccc(F)c(S(=O)(=O)N2CCN(c3ccccc3)CC2)c1. The normalized spacial score (nSPS) is 14.8. The van der Waals surface area contributed by atoms with Crippen molar-refractivity contribution in [2.45, 2.75) is 4.90 Å². The number of anilines is 2. The number of nitrogens with zero attached hydrogens (tertiary/aromatic N) is 2. The highest BCUT2D eigenvalue weighted by Gasteiger charge is 2.31. The lowest BCUT2D eigenvalue weighted by Crippen LogP contribution is -2.48. The highest BCUT2D eigenvalue weighted by Crippen LogP contribution is 2.26. The third kappa shape index (κ3) is 5.30. The van der Waals surface area contributed by atoms with Crippen molar-refractivity contribution in [3.05, 3.63) is 88.2 Å². The van der Waals surface area contributed by atoms with Crippen molar-refractivity contribution in [2.24, 2.45) is 0 Å². The predicted molar refractivity (Wildman–Crippen MR) is 128 cm³/mol. The van der Waals surface area contributed by atoms with Crippen molar-refractivity contribution in [3.8, 4) is 0 Å². The zero-order valence-electron chi connectivity index (χ0n) is 17.3. The number of sulfonamides is 1. The number of piperazine rings is 1. The van der Waals surface area contributed by atoms with Crippen LogP contribution in [0.4, 0.5) is 15.8 Å². The Morgan fingerprint density at radius 3 is 2.15 bits per heavy atom. The fourth-order valence-electron chi connectivity index (χ4n) is 3.64. The van der Waals surface area contributed by atoms with Crippen LogP contribution < -0.4 is 10.2 Å². The number of para-hydroxylation sites is 1. The molecule has 0 unspecified atom stereocenters. The molecule has 33 heavy (non-hydrogen) atoms. The Labute approximate surface area is 201 Å². The molecule has 0 aliphatic carbocycles. The average Bonchev–Trinajstić information content (AvgIpc) is 2.79. The molecule has 0 bridgehead atoms. The number of hydrogen-bond donors (Lipinski definition) is 1. The summed E-state index contributed by atoms with van der Waals surface area (Å²) in [5.74, 6) is -1.53. The van der Waals surface area contributed by atoms with Gasteiger partial charge in [0.15, 0.2) is 0 Å². The fraction of sp³-hybridized carbons (Fsp3) is 0.174. The van der Waals surface area contributed by atoms with E-state index in [4.69, 9.17) is 23.2 Å². The Bertz CT molecular complexity index is 1260. The summed E-state index contributed by atoms with van der Waals surface area (Å²) in [7, 11) is -4.13. The van der Waals surface area contributed by atoms with Crippen LogP contribution in [0.15, 0.2) is 71.6 Å². The molecule has 0 radical (unpaired) electrons. The molecule has 0 spiro atoms. The largest absolute Gasteiger partial charge is 0.369 e. The molecule has 172 valence electrons. The van der Waals surface area contributed by atoms with E-state index in [-0.39, 0.29) is 18.7 Å². The summed E-state index contributed by atoms with van der Waals surface area (Å²) in [5.41, 5.74) is 1.33. The number of carbonyl (C=O) groups is 1. The van der Waals surface area contributed by atoms with E-state index in [0.717, 1.165) is 17.8 Å². The number of benzene rings is 3. The molecule has 1 N–H and O–H groups in total. The summed E-state index contributed by atoms with van der Waals surface area (Å²) in [6.45, 7) is 1.35. The molecule has 1 saturated heterocycles. The minimum Gasteiger partial charge on any atom is -0.369 e. The van der Waals surface area contributed by atoms with Gasteiger partial charge in [-0.1, -0.05) is 41.4 Å². The predicted octanol–water partition coefficient (Wildman–Crippen LogP) is 4.90. The van der Waals surface area contributed by atoms with E-state index in [0.29, 0.717) is 28.8 Å². The Morgan fingerprint density at radius 1 is 0.879 bits per heavy atom. The molecule has 1 aliphatic rings. The van der Waals surface area contributed by atoms with Gasteiger partial charge in [0.05, 0.1) is 0 Å². The van der Waals surface area contributed by atoms with Crippen LogP contribution in [0, 0.1) is 5.82 Å². The van der Waals surface area contributed by atoms with Crippen LogP contribution in [0.2, 0.25) is 10.0 Å². The molecule has 6 nitrogen and oxygen atoms in total. The molecule has 3 aromatic rings. The van der Waals surface area contributed by atoms with Gasteiger partial charge in [-0.3, -0.25) is 4.79 Å². The van der Waals surface area contributed by atoms with E-state index in [1.54, 1.807) is 0 Å². The maximum atomic E-state index is 14.6. The van der Waals surface area contributed by atoms with E-state index in [1.807, 2.05) is 30.3 Å². The molecule has 0 atom stereocenters. The van der Waals surface area contributed by atoms with Gasteiger partial charge in [0.2, 0.25) is 10.0 Å². The molecule has 1 amide bonds. The number of carbonyl (C=O) groups excluding carboxylic acids is 1. The van der Waals surface area contributed by atoms with Crippen molar-refractivity contribution >= 4 is 50.5 Å². The Kier molecular flexibility index (Phi) is 6.90. The van der Waals surface area contributed by atoms with Crippen molar-refractivity contribution in [3.63, 3.8) is 0 Å². The minimum atomic E-state index is -4.13. The first kappa shape index (κ1) is 23.5. The van der Waals surface area contributed by atoms with Gasteiger partial charge in [-0.25, -0.2) is 12.8 Å². The van der Waals surface area contributed by atoms with Crippen LogP contribution in [0.25, 0.3) is 0 Å². The van der Waals surface area contributed by atoms with Crippen LogP contribution in [0.5, 0.6) is 0 Å². The molecule has 3 aromatic carbocycles. The third-order valence-electron chi connectivity index (χ3n) is 5.29. The summed E-state index contributed by atoms with van der Waals surface area (Å²) >= 11 is 11.9. The van der Waals surface area contributed by atoms with Crippen molar-refractivity contribution < 1.29 is 17.6 Å². The highest BCUT2D eigenvalue weighted by molar-refractivity contribution is 7.89. The van der Waals surface area contributed by atoms with Gasteiger partial charge in [0.1, 0.15) is 10.7 Å². The van der Waals surface area contributed by atoms with Gasteiger partial charge in [-0.15, -0.1) is 0 Å². The molecular formula is C23H20Cl2FN3O3S. The highest BCUT2D eigenvalue weighted by atomic mass is 35.5. The Morgan fingerprint density at radius 2 is 1.52 bits per heavy atom. The second-order valence-electron chi connectivity index (χ2n) is 7.48. The van der Waals surface area contributed by atoms with Gasteiger partial charge < -0.3 is 10.2 Å². The molecule has 1 fully saturated rings. The van der Waals surface area contributed by atoms with Gasteiger partial charge >= 0.3 is 0 Å². The second-order valence-corrected chi connectivity index (χ2v) is 10.3. The van der Waals surface area contributed by atoms with E-state index >= 15 is 0 Å². The Balaban J connectivity index is 1.52. The molecule has 0 aromatic heterocycles. The third-order valence-corrected chi connectivity index (χ3v) is 7.64. The molecule has 0 saturated carbocycles. The smallest absolute Gasteiger partial charge is 0.255 e. The van der Waals surface area contributed by atoms with Crippen molar-refractivity contribution in [2.75, 3.05) is 36.4 Å². The summed E-state index contributed by atoms with van der Waals surface area (Å²) in [6, 6.07) is 17.4. The van der Waals surface area contributed by atoms with Crippen LogP contribution in [-0.2, 0) is 10.0 Å². The minimum absolute atomic E-state index is 0.00556. The number of nitrogens with one attached hydrogen (secondary N) is 1. The number of rotatable bonds is 5. The maximum Gasteiger partial charge on any atom is 0.255 e. The zero-order chi connectivity index (χ0) is 23.6. The quantitative estimate of drug-likeness (QED) is 0.533. The van der Waals surface area contributed by atoms with Crippen LogP contribution in [-0.4, -0.2) is 44.8 Å². The van der Waals surface area contributed by atoms with Crippen molar-refractivity contribution in [1.82, 2.24) is 4.31 Å². The lowest BCUT2D eigenvalue weighted by molar-refractivity contribution is 0.102. The summed E-state index contributed by atoms with van der Waals surface area (Å²) in [5, 5.41) is 3.25. The zero-order valence-corrected chi connectivity index (χ0v) is 19.7. The van der Waals surface area contributed by atoms with Crippen molar-refractivity contribution in [1.29, 1.82) is 0 Å². The van der Waals surface area contributed by atoms with Crippen LogP contribution in [0.1, 0.15) is 10.4 Å². The number of amides is 1. The maximum absolute atomic E-state index is 14.6. The molecular weight excluding hydrogens is 488 g/mol. The molecule has 1 aliphatic heterocycles. The van der Waals surface area contributed by atoms with Crippen LogP contribution in [0.3, 0.4) is 0 Å². The van der Waals surface area contributed by atoms with Gasteiger partial charge in [0.25, 0.3) is 5.91 Å². The fourth-order valence-corrected chi connectivity index (χ4v) is 5.67. The topological polar surface area (TPSA) is 69.7 Å². The summed E-state index contributed by atoms with van der Waals surface area (Å²) in [6.07, 6.45) is 0. The number of hydrogen-bond acceptors (Lipinski definition) is 4. The molecule has 4 rings (SSSR count). The average molecular weight is 508 g/mol. The van der Waals surface area contributed by atoms with E-state index < -0.39 is 26.6 Å². The first-order chi connectivity index (χ1) is 15.7. The lowest BCUT2D eigenvalue weighted by atomic mass is 10.2. The monoisotopic (exact) mass is 507 g/mol.